The van der Waals surface area contributed by atoms with E-state index >= 15 is 0 Å². The molecule has 0 radical (unpaired) electrons. The Hall–Kier alpha value is -1.73. The minimum atomic E-state index is -2.91. The fourth-order valence-corrected chi connectivity index (χ4v) is 2.60. The van der Waals surface area contributed by atoms with E-state index in [9.17, 15) is 18.7 Å². The lowest BCUT2D eigenvalue weighted by atomic mass is 10.0. The molecule has 0 aliphatic carbocycles. The normalized spacial score (nSPS) is 21.2. The van der Waals surface area contributed by atoms with Gasteiger partial charge in [-0.15, -0.1) is 0 Å². The molecule has 1 N–H and O–H groups in total. The number of benzene rings is 1. The lowest BCUT2D eigenvalue weighted by Crippen LogP contribution is -2.44. The van der Waals surface area contributed by atoms with Crippen molar-refractivity contribution in [2.24, 2.45) is 0 Å². The molecular formula is C15H19F2NO4. The SMILES string of the molecule is Cc1cc(C(=O)N(C)[C@@H]2COC[C@H]2O)cc(C)c1OC(F)F. The number of carbonyl (C=O) groups excluding carboxylic acids is 1. The third-order valence-electron chi connectivity index (χ3n) is 3.75. The van der Waals surface area contributed by atoms with Gasteiger partial charge in [0.15, 0.2) is 0 Å². The van der Waals surface area contributed by atoms with E-state index in [1.165, 1.54) is 17.0 Å². The van der Waals surface area contributed by atoms with Gasteiger partial charge < -0.3 is 19.5 Å². The molecule has 1 aliphatic rings. The number of halogens is 2. The van der Waals surface area contributed by atoms with E-state index < -0.39 is 18.8 Å². The Morgan fingerprint density at radius 1 is 1.36 bits per heavy atom. The van der Waals surface area contributed by atoms with Crippen molar-refractivity contribution in [3.63, 3.8) is 0 Å². The monoisotopic (exact) mass is 315 g/mol. The van der Waals surface area contributed by atoms with Crippen molar-refractivity contribution in [3.8, 4) is 5.75 Å². The van der Waals surface area contributed by atoms with Gasteiger partial charge in [-0.05, 0) is 37.1 Å². The number of likely N-dealkylation sites (N-methyl/N-ethyl adjacent to an activating group) is 1. The van der Waals surface area contributed by atoms with Crippen LogP contribution in [0, 0.1) is 13.8 Å². The third-order valence-corrected chi connectivity index (χ3v) is 3.75. The summed E-state index contributed by atoms with van der Waals surface area (Å²) in [5, 5.41) is 9.79. The maximum Gasteiger partial charge on any atom is 0.387 e. The van der Waals surface area contributed by atoms with Gasteiger partial charge in [-0.2, -0.15) is 8.78 Å². The Kier molecular flexibility index (Phi) is 4.97. The van der Waals surface area contributed by atoms with Gasteiger partial charge in [-0.25, -0.2) is 0 Å². The van der Waals surface area contributed by atoms with Gasteiger partial charge in [-0.3, -0.25) is 4.79 Å². The molecular weight excluding hydrogens is 296 g/mol. The number of aliphatic hydroxyl groups excluding tert-OH is 1. The largest absolute Gasteiger partial charge is 0.434 e. The molecule has 1 saturated heterocycles. The van der Waals surface area contributed by atoms with Crippen LogP contribution in [0.1, 0.15) is 21.5 Å². The fourth-order valence-electron chi connectivity index (χ4n) is 2.60. The van der Waals surface area contributed by atoms with E-state index in [4.69, 9.17) is 4.74 Å². The van der Waals surface area contributed by atoms with Crippen LogP contribution in [0.25, 0.3) is 0 Å². The molecule has 7 heteroatoms. The maximum absolute atomic E-state index is 12.5. The van der Waals surface area contributed by atoms with Gasteiger partial charge in [0, 0.05) is 12.6 Å². The van der Waals surface area contributed by atoms with E-state index in [0.717, 1.165) is 0 Å². The fraction of sp³-hybridized carbons (Fsp3) is 0.533. The van der Waals surface area contributed by atoms with Gasteiger partial charge in [0.05, 0.1) is 25.4 Å². The second-order valence-corrected chi connectivity index (χ2v) is 5.41. The summed E-state index contributed by atoms with van der Waals surface area (Å²) in [6, 6.07) is 2.60. The van der Waals surface area contributed by atoms with Gasteiger partial charge in [-0.1, -0.05) is 0 Å². The van der Waals surface area contributed by atoms with Crippen LogP contribution in [0.4, 0.5) is 8.78 Å². The number of amides is 1. The number of alkyl halides is 2. The Labute approximate surface area is 127 Å². The molecule has 0 saturated carbocycles. The number of rotatable bonds is 4. The Bertz CT molecular complexity index is 541. The Morgan fingerprint density at radius 3 is 2.41 bits per heavy atom. The molecule has 1 aliphatic heterocycles. The molecule has 1 heterocycles. The smallest absolute Gasteiger partial charge is 0.387 e. The van der Waals surface area contributed by atoms with Crippen molar-refractivity contribution in [3.05, 3.63) is 28.8 Å². The van der Waals surface area contributed by atoms with Crippen molar-refractivity contribution < 1.29 is 28.2 Å². The quantitative estimate of drug-likeness (QED) is 0.919. The van der Waals surface area contributed by atoms with Crippen molar-refractivity contribution >= 4 is 5.91 Å². The van der Waals surface area contributed by atoms with Crippen molar-refractivity contribution in [1.29, 1.82) is 0 Å². The predicted octanol–water partition coefficient (Wildman–Crippen LogP) is 1.74. The molecule has 0 spiro atoms. The predicted molar refractivity (Wildman–Crippen MR) is 75.3 cm³/mol. The van der Waals surface area contributed by atoms with Crippen LogP contribution in [0.15, 0.2) is 12.1 Å². The zero-order chi connectivity index (χ0) is 16.4. The average molecular weight is 315 g/mol. The first-order valence-corrected chi connectivity index (χ1v) is 6.90. The van der Waals surface area contributed by atoms with Gasteiger partial charge >= 0.3 is 6.61 Å². The number of nitrogens with zero attached hydrogens (tertiary/aromatic N) is 1. The van der Waals surface area contributed by atoms with Gasteiger partial charge in [0.25, 0.3) is 5.91 Å². The summed E-state index contributed by atoms with van der Waals surface area (Å²) in [6.07, 6.45) is -0.724. The van der Waals surface area contributed by atoms with Crippen molar-refractivity contribution in [1.82, 2.24) is 4.90 Å². The van der Waals surface area contributed by atoms with Crippen LogP contribution in [-0.2, 0) is 4.74 Å². The molecule has 1 aromatic rings. The summed E-state index contributed by atoms with van der Waals surface area (Å²) in [5.74, 6) is -0.220. The molecule has 0 bridgehead atoms. The molecule has 1 amide bonds. The molecule has 22 heavy (non-hydrogen) atoms. The Morgan fingerprint density at radius 2 is 1.95 bits per heavy atom. The zero-order valence-corrected chi connectivity index (χ0v) is 12.7. The first-order valence-electron chi connectivity index (χ1n) is 6.90. The lowest BCUT2D eigenvalue weighted by Gasteiger charge is -2.26. The summed E-state index contributed by atoms with van der Waals surface area (Å²) in [7, 11) is 1.58. The second-order valence-electron chi connectivity index (χ2n) is 5.41. The van der Waals surface area contributed by atoms with Crippen molar-refractivity contribution in [2.75, 3.05) is 20.3 Å². The minimum Gasteiger partial charge on any atom is -0.434 e. The van der Waals surface area contributed by atoms with E-state index in [1.807, 2.05) is 0 Å². The van der Waals surface area contributed by atoms with Crippen LogP contribution in [0.2, 0.25) is 0 Å². The second kappa shape index (κ2) is 6.58. The summed E-state index contributed by atoms with van der Waals surface area (Å²) in [5.41, 5.74) is 1.28. The number of ether oxygens (including phenoxy) is 2. The maximum atomic E-state index is 12.5. The topological polar surface area (TPSA) is 59.0 Å². The third kappa shape index (κ3) is 3.36. The molecule has 122 valence electrons. The van der Waals surface area contributed by atoms with Gasteiger partial charge in [0.2, 0.25) is 0 Å². The molecule has 0 unspecified atom stereocenters. The highest BCUT2D eigenvalue weighted by Crippen LogP contribution is 2.27. The van der Waals surface area contributed by atoms with E-state index in [-0.39, 0.29) is 24.9 Å². The highest BCUT2D eigenvalue weighted by Gasteiger charge is 2.33. The molecule has 1 fully saturated rings. The average Bonchev–Trinajstić information content (AvgIpc) is 2.87. The summed E-state index contributed by atoms with van der Waals surface area (Å²) in [6.45, 7) is 0.770. The van der Waals surface area contributed by atoms with E-state index in [2.05, 4.69) is 4.74 Å². The number of aliphatic hydroxyl groups is 1. The standard InChI is InChI=1S/C15H19F2NO4/c1-8-4-10(5-9(2)13(8)22-15(16)17)14(20)18(3)11-6-21-7-12(11)19/h4-5,11-12,15,19H,6-7H2,1-3H3/t11-,12-/m1/s1. The van der Waals surface area contributed by atoms with Crippen LogP contribution in [0.5, 0.6) is 5.75 Å². The number of carbonyl (C=O) groups is 1. The summed E-state index contributed by atoms with van der Waals surface area (Å²) >= 11 is 0. The van der Waals surface area contributed by atoms with Gasteiger partial charge in [0.1, 0.15) is 5.75 Å². The number of hydrogen-bond acceptors (Lipinski definition) is 4. The van der Waals surface area contributed by atoms with Crippen LogP contribution in [-0.4, -0.2) is 54.9 Å². The molecule has 2 atom stereocenters. The first-order chi connectivity index (χ1) is 10.3. The lowest BCUT2D eigenvalue weighted by molar-refractivity contribution is -0.0507. The minimum absolute atomic E-state index is 0.0819. The summed E-state index contributed by atoms with van der Waals surface area (Å²) < 4.78 is 34.4. The molecule has 0 aromatic heterocycles. The highest BCUT2D eigenvalue weighted by molar-refractivity contribution is 5.95. The van der Waals surface area contributed by atoms with Crippen molar-refractivity contribution in [2.45, 2.75) is 32.6 Å². The van der Waals surface area contributed by atoms with E-state index in [0.29, 0.717) is 16.7 Å². The van der Waals surface area contributed by atoms with Crippen LogP contribution >= 0.6 is 0 Å². The zero-order valence-electron chi connectivity index (χ0n) is 12.7. The number of hydrogen-bond donors (Lipinski definition) is 1. The summed E-state index contributed by atoms with van der Waals surface area (Å²) in [4.78, 5) is 13.9. The highest BCUT2D eigenvalue weighted by atomic mass is 19.3. The Balaban J connectivity index is 2.23. The van der Waals surface area contributed by atoms with Crippen LogP contribution in [0.3, 0.4) is 0 Å². The first kappa shape index (κ1) is 16.6. The molecule has 5 nitrogen and oxygen atoms in total. The number of aryl methyl sites for hydroxylation is 2. The molecule has 1 aromatic carbocycles. The molecule has 2 rings (SSSR count). The van der Waals surface area contributed by atoms with Crippen LogP contribution < -0.4 is 4.74 Å². The van der Waals surface area contributed by atoms with E-state index in [1.54, 1.807) is 20.9 Å².